The minimum atomic E-state index is -4.23. The number of amides is 1. The summed E-state index contributed by atoms with van der Waals surface area (Å²) in [4.78, 5) is 16.3. The van der Waals surface area contributed by atoms with Gasteiger partial charge in [0.05, 0.1) is 22.5 Å². The number of hydrogen-bond donors (Lipinski definition) is 1. The Bertz CT molecular complexity index is 1240. The molecule has 4 rings (SSSR count). The molecule has 1 aromatic carbocycles. The summed E-state index contributed by atoms with van der Waals surface area (Å²) in [6, 6.07) is 11.8. The minimum Gasteiger partial charge on any atom is -0.477 e. The van der Waals surface area contributed by atoms with Crippen LogP contribution in [0.25, 0.3) is 5.82 Å². The summed E-state index contributed by atoms with van der Waals surface area (Å²) >= 11 is 0. The van der Waals surface area contributed by atoms with E-state index in [1.54, 1.807) is 6.07 Å². The average Bonchev–Trinajstić information content (AvgIpc) is 3.44. The van der Waals surface area contributed by atoms with Crippen LogP contribution in [-0.2, 0) is 10.0 Å². The number of ether oxygens (including phenoxy) is 1. The Hall–Kier alpha value is -3.41. The second-order valence-corrected chi connectivity index (χ2v) is 9.31. The van der Waals surface area contributed by atoms with Crippen LogP contribution >= 0.6 is 0 Å². The maximum Gasteiger partial charge on any atom is 0.394 e. The van der Waals surface area contributed by atoms with Crippen molar-refractivity contribution in [2.24, 2.45) is 5.41 Å². The average molecular weight is 480 g/mol. The lowest BCUT2D eigenvalue weighted by molar-refractivity contribution is -0.190. The van der Waals surface area contributed by atoms with E-state index >= 15 is 0 Å². The SMILES string of the molecule is O=C(NS(=O)(=O)c1ccccc1)c1ccc(-n2ccc(OCCC3(C(F)(F)F)CC3)n2)nc1. The highest BCUT2D eigenvalue weighted by molar-refractivity contribution is 7.90. The lowest BCUT2D eigenvalue weighted by atomic mass is 10.0. The number of carbonyl (C=O) groups excluding carboxylic acids is 1. The summed E-state index contributed by atoms with van der Waals surface area (Å²) in [6.07, 6.45) is -1.43. The molecule has 174 valence electrons. The summed E-state index contributed by atoms with van der Waals surface area (Å²) in [5.41, 5.74) is -1.62. The summed E-state index contributed by atoms with van der Waals surface area (Å²) in [5.74, 6) is -0.395. The predicted octanol–water partition coefficient (Wildman–Crippen LogP) is 3.50. The zero-order valence-electron chi connectivity index (χ0n) is 17.1. The van der Waals surface area contributed by atoms with Crippen LogP contribution in [0.2, 0.25) is 0 Å². The predicted molar refractivity (Wildman–Crippen MR) is 110 cm³/mol. The minimum absolute atomic E-state index is 0.0174. The molecule has 1 fully saturated rings. The van der Waals surface area contributed by atoms with E-state index < -0.39 is 27.5 Å². The van der Waals surface area contributed by atoms with Crippen molar-refractivity contribution in [2.45, 2.75) is 30.3 Å². The molecule has 1 amide bonds. The number of aromatic nitrogens is 3. The zero-order chi connectivity index (χ0) is 23.7. The molecule has 0 atom stereocenters. The van der Waals surface area contributed by atoms with E-state index in [0.717, 1.165) is 0 Å². The first kappa shape index (κ1) is 22.8. The van der Waals surface area contributed by atoms with Crippen molar-refractivity contribution in [1.82, 2.24) is 19.5 Å². The number of alkyl halides is 3. The van der Waals surface area contributed by atoms with E-state index in [0.29, 0.717) is 5.82 Å². The molecular weight excluding hydrogens is 461 g/mol. The van der Waals surface area contributed by atoms with Crippen molar-refractivity contribution in [3.8, 4) is 11.7 Å². The fourth-order valence-electron chi connectivity index (χ4n) is 3.18. The fraction of sp³-hybridized carbons (Fsp3) is 0.286. The van der Waals surface area contributed by atoms with Crippen LogP contribution in [-0.4, -0.2) is 41.9 Å². The maximum absolute atomic E-state index is 13.0. The normalized spacial score (nSPS) is 15.1. The van der Waals surface area contributed by atoms with Gasteiger partial charge in [-0.1, -0.05) is 18.2 Å². The summed E-state index contributed by atoms with van der Waals surface area (Å²) in [7, 11) is -4.02. The third-order valence-corrected chi connectivity index (χ3v) is 6.72. The first-order valence-corrected chi connectivity index (χ1v) is 11.4. The van der Waals surface area contributed by atoms with E-state index in [1.165, 1.54) is 59.5 Å². The standard InChI is InChI=1S/C21H19F3N4O4S/c22-21(23,24)20(9-10-20)11-13-32-18-8-12-28(26-18)17-7-6-15(14-25-17)19(29)27-33(30,31)16-4-2-1-3-5-16/h1-8,12,14H,9-11,13H2,(H,27,29). The van der Waals surface area contributed by atoms with Crippen molar-refractivity contribution in [3.63, 3.8) is 0 Å². The van der Waals surface area contributed by atoms with Gasteiger partial charge in [0.25, 0.3) is 15.9 Å². The Labute approximate surface area is 187 Å². The maximum atomic E-state index is 13.0. The van der Waals surface area contributed by atoms with E-state index in [1.807, 2.05) is 4.72 Å². The van der Waals surface area contributed by atoms with Crippen LogP contribution in [0.4, 0.5) is 13.2 Å². The largest absolute Gasteiger partial charge is 0.477 e. The van der Waals surface area contributed by atoms with Gasteiger partial charge in [-0.05, 0) is 43.5 Å². The summed E-state index contributed by atoms with van der Waals surface area (Å²) < 4.78 is 72.1. The lowest BCUT2D eigenvalue weighted by Crippen LogP contribution is -2.30. The fourth-order valence-corrected chi connectivity index (χ4v) is 4.18. The highest BCUT2D eigenvalue weighted by atomic mass is 32.2. The molecule has 0 aliphatic heterocycles. The Morgan fingerprint density at radius 2 is 1.85 bits per heavy atom. The van der Waals surface area contributed by atoms with Crippen molar-refractivity contribution in [1.29, 1.82) is 0 Å². The van der Waals surface area contributed by atoms with Gasteiger partial charge >= 0.3 is 6.18 Å². The molecule has 0 bridgehead atoms. The zero-order valence-corrected chi connectivity index (χ0v) is 17.9. The number of carbonyl (C=O) groups is 1. The number of pyridine rings is 1. The molecule has 3 aromatic rings. The topological polar surface area (TPSA) is 103 Å². The molecule has 0 saturated heterocycles. The second kappa shape index (κ2) is 8.50. The van der Waals surface area contributed by atoms with Crippen LogP contribution in [0.15, 0.2) is 65.8 Å². The molecular formula is C21H19F3N4O4S. The monoisotopic (exact) mass is 480 g/mol. The molecule has 2 heterocycles. The van der Waals surface area contributed by atoms with Crippen molar-refractivity contribution < 1.29 is 31.1 Å². The molecule has 0 spiro atoms. The quantitative estimate of drug-likeness (QED) is 0.530. The van der Waals surface area contributed by atoms with Gasteiger partial charge in [0.15, 0.2) is 5.82 Å². The molecule has 1 saturated carbocycles. The van der Waals surface area contributed by atoms with Gasteiger partial charge in [-0.2, -0.15) is 13.2 Å². The molecule has 12 heteroatoms. The van der Waals surface area contributed by atoms with E-state index in [-0.39, 0.29) is 42.2 Å². The highest BCUT2D eigenvalue weighted by Gasteiger charge is 2.62. The Kier molecular flexibility index (Phi) is 5.87. The molecule has 0 unspecified atom stereocenters. The second-order valence-electron chi connectivity index (χ2n) is 7.63. The van der Waals surface area contributed by atoms with Crippen molar-refractivity contribution >= 4 is 15.9 Å². The summed E-state index contributed by atoms with van der Waals surface area (Å²) in [5, 5.41) is 4.11. The number of sulfonamides is 1. The third-order valence-electron chi connectivity index (χ3n) is 5.38. The molecule has 1 aliphatic rings. The highest BCUT2D eigenvalue weighted by Crippen LogP contribution is 2.59. The number of rotatable bonds is 8. The molecule has 2 aromatic heterocycles. The van der Waals surface area contributed by atoms with Crippen LogP contribution in [0.1, 0.15) is 29.6 Å². The van der Waals surface area contributed by atoms with Crippen LogP contribution in [0.3, 0.4) is 0 Å². The van der Waals surface area contributed by atoms with E-state index in [9.17, 15) is 26.4 Å². The first-order valence-electron chi connectivity index (χ1n) is 9.94. The third kappa shape index (κ3) is 5.00. The molecule has 8 nitrogen and oxygen atoms in total. The van der Waals surface area contributed by atoms with Crippen LogP contribution in [0, 0.1) is 5.41 Å². The molecule has 1 aliphatic carbocycles. The Morgan fingerprint density at radius 3 is 2.45 bits per heavy atom. The van der Waals surface area contributed by atoms with Crippen molar-refractivity contribution in [3.05, 3.63) is 66.5 Å². The molecule has 33 heavy (non-hydrogen) atoms. The van der Waals surface area contributed by atoms with Crippen LogP contribution in [0.5, 0.6) is 5.88 Å². The van der Waals surface area contributed by atoms with Crippen LogP contribution < -0.4 is 9.46 Å². The number of nitrogens with zero attached hydrogens (tertiary/aromatic N) is 3. The van der Waals surface area contributed by atoms with Crippen molar-refractivity contribution in [2.75, 3.05) is 6.61 Å². The Morgan fingerprint density at radius 1 is 1.12 bits per heavy atom. The van der Waals surface area contributed by atoms with Gasteiger partial charge in [-0.3, -0.25) is 4.79 Å². The first-order chi connectivity index (χ1) is 15.6. The van der Waals surface area contributed by atoms with Gasteiger partial charge in [-0.15, -0.1) is 5.10 Å². The number of benzene rings is 1. The van der Waals surface area contributed by atoms with Gasteiger partial charge in [0, 0.05) is 18.5 Å². The molecule has 0 radical (unpaired) electrons. The Balaban J connectivity index is 1.36. The molecule has 1 N–H and O–H groups in total. The lowest BCUT2D eigenvalue weighted by Gasteiger charge is -2.18. The number of halogens is 3. The van der Waals surface area contributed by atoms with Gasteiger partial charge < -0.3 is 4.74 Å². The number of nitrogens with one attached hydrogen (secondary N) is 1. The van der Waals surface area contributed by atoms with Gasteiger partial charge in [0.1, 0.15) is 0 Å². The van der Waals surface area contributed by atoms with E-state index in [2.05, 4.69) is 10.1 Å². The summed E-state index contributed by atoms with van der Waals surface area (Å²) in [6.45, 7) is -0.112. The van der Waals surface area contributed by atoms with Gasteiger partial charge in [0.2, 0.25) is 5.88 Å². The smallest absolute Gasteiger partial charge is 0.394 e. The van der Waals surface area contributed by atoms with Gasteiger partial charge in [-0.25, -0.2) is 22.8 Å². The number of hydrogen-bond acceptors (Lipinski definition) is 6. The van der Waals surface area contributed by atoms with E-state index in [4.69, 9.17) is 4.74 Å².